The Morgan fingerprint density at radius 2 is 1.50 bits per heavy atom. The number of nitrogens with one attached hydrogen (secondary N) is 2. The fraction of sp³-hybridized carbons (Fsp3) is 0.278. The molecule has 0 spiro atoms. The SMILES string of the molecule is CN(C)C(CNC(=O)CNc1ccccc1)c1ccccc1.Cl.Cl. The van der Waals surface area contributed by atoms with Gasteiger partial charge in [-0.2, -0.15) is 0 Å². The van der Waals surface area contributed by atoms with Crippen LogP contribution in [0.1, 0.15) is 11.6 Å². The monoisotopic (exact) mass is 369 g/mol. The Balaban J connectivity index is 0.00000264. The van der Waals surface area contributed by atoms with Gasteiger partial charge in [0.05, 0.1) is 12.6 Å². The second-order valence-corrected chi connectivity index (χ2v) is 5.41. The molecule has 24 heavy (non-hydrogen) atoms. The predicted molar refractivity (Wildman–Crippen MR) is 105 cm³/mol. The summed E-state index contributed by atoms with van der Waals surface area (Å²) in [6, 6.07) is 20.1. The lowest BCUT2D eigenvalue weighted by molar-refractivity contribution is -0.119. The highest BCUT2D eigenvalue weighted by Crippen LogP contribution is 2.16. The molecule has 0 bridgehead atoms. The van der Waals surface area contributed by atoms with Crippen LogP contribution in [0, 0.1) is 0 Å². The van der Waals surface area contributed by atoms with E-state index in [1.807, 2.05) is 62.6 Å². The van der Waals surface area contributed by atoms with Crippen molar-refractivity contribution in [1.29, 1.82) is 0 Å². The Labute approximate surface area is 156 Å². The van der Waals surface area contributed by atoms with Gasteiger partial charge in [-0.1, -0.05) is 48.5 Å². The van der Waals surface area contributed by atoms with Crippen LogP contribution in [0.2, 0.25) is 0 Å². The van der Waals surface area contributed by atoms with Crippen molar-refractivity contribution in [2.24, 2.45) is 0 Å². The number of carbonyl (C=O) groups excluding carboxylic acids is 1. The zero-order valence-electron chi connectivity index (χ0n) is 13.9. The second-order valence-electron chi connectivity index (χ2n) is 5.41. The lowest BCUT2D eigenvalue weighted by atomic mass is 10.1. The lowest BCUT2D eigenvalue weighted by Crippen LogP contribution is -2.37. The van der Waals surface area contributed by atoms with Crippen LogP contribution in [0.5, 0.6) is 0 Å². The molecule has 0 radical (unpaired) electrons. The zero-order valence-corrected chi connectivity index (χ0v) is 15.6. The maximum absolute atomic E-state index is 12.0. The molecule has 2 rings (SSSR count). The van der Waals surface area contributed by atoms with E-state index in [2.05, 4.69) is 27.7 Å². The smallest absolute Gasteiger partial charge is 0.239 e. The number of hydrogen-bond acceptors (Lipinski definition) is 3. The van der Waals surface area contributed by atoms with E-state index in [0.717, 1.165) is 5.69 Å². The van der Waals surface area contributed by atoms with Crippen LogP contribution in [0.25, 0.3) is 0 Å². The third kappa shape index (κ3) is 7.21. The van der Waals surface area contributed by atoms with Gasteiger partial charge in [-0.3, -0.25) is 4.79 Å². The first-order valence-electron chi connectivity index (χ1n) is 7.44. The summed E-state index contributed by atoms with van der Waals surface area (Å²) in [5, 5.41) is 6.10. The number of hydrogen-bond donors (Lipinski definition) is 2. The molecule has 1 unspecified atom stereocenters. The molecule has 1 atom stereocenters. The molecular weight excluding hydrogens is 345 g/mol. The van der Waals surface area contributed by atoms with E-state index in [4.69, 9.17) is 0 Å². The Bertz CT molecular complexity index is 579. The number of para-hydroxylation sites is 1. The van der Waals surface area contributed by atoms with Crippen LogP contribution in [-0.4, -0.2) is 38.0 Å². The Morgan fingerprint density at radius 1 is 0.958 bits per heavy atom. The van der Waals surface area contributed by atoms with E-state index in [9.17, 15) is 4.79 Å². The number of carbonyl (C=O) groups is 1. The maximum Gasteiger partial charge on any atom is 0.239 e. The van der Waals surface area contributed by atoms with Crippen LogP contribution in [-0.2, 0) is 4.79 Å². The molecule has 0 fully saturated rings. The van der Waals surface area contributed by atoms with Crippen molar-refractivity contribution in [1.82, 2.24) is 10.2 Å². The summed E-state index contributed by atoms with van der Waals surface area (Å²) in [7, 11) is 4.04. The molecule has 0 heterocycles. The Kier molecular flexibility index (Phi) is 10.9. The highest BCUT2D eigenvalue weighted by atomic mass is 35.5. The van der Waals surface area contributed by atoms with Crippen LogP contribution >= 0.6 is 24.8 Å². The molecule has 2 aromatic carbocycles. The molecule has 0 aliphatic carbocycles. The van der Waals surface area contributed by atoms with Gasteiger partial charge in [0.15, 0.2) is 0 Å². The number of anilines is 1. The van der Waals surface area contributed by atoms with Crippen LogP contribution in [0.15, 0.2) is 60.7 Å². The summed E-state index contributed by atoms with van der Waals surface area (Å²) >= 11 is 0. The van der Waals surface area contributed by atoms with Gasteiger partial charge < -0.3 is 15.5 Å². The molecule has 4 nitrogen and oxygen atoms in total. The van der Waals surface area contributed by atoms with E-state index >= 15 is 0 Å². The van der Waals surface area contributed by atoms with Crippen LogP contribution in [0.4, 0.5) is 5.69 Å². The second kappa shape index (κ2) is 11.7. The summed E-state index contributed by atoms with van der Waals surface area (Å²) < 4.78 is 0. The lowest BCUT2D eigenvalue weighted by Gasteiger charge is -2.25. The highest BCUT2D eigenvalue weighted by molar-refractivity contribution is 5.85. The number of benzene rings is 2. The van der Waals surface area contributed by atoms with E-state index in [-0.39, 0.29) is 43.3 Å². The fourth-order valence-electron chi connectivity index (χ4n) is 2.29. The number of nitrogens with zero attached hydrogens (tertiary/aromatic N) is 1. The maximum atomic E-state index is 12.0. The van der Waals surface area contributed by atoms with E-state index in [1.165, 1.54) is 5.56 Å². The minimum absolute atomic E-state index is 0. The van der Waals surface area contributed by atoms with Crippen molar-refractivity contribution < 1.29 is 4.79 Å². The molecule has 0 aliphatic rings. The van der Waals surface area contributed by atoms with Gasteiger partial charge in [0.2, 0.25) is 5.91 Å². The highest BCUT2D eigenvalue weighted by Gasteiger charge is 2.14. The number of likely N-dealkylation sites (N-methyl/N-ethyl adjacent to an activating group) is 1. The van der Waals surface area contributed by atoms with Gasteiger partial charge >= 0.3 is 0 Å². The summed E-state index contributed by atoms with van der Waals surface area (Å²) in [4.78, 5) is 14.1. The van der Waals surface area contributed by atoms with Gasteiger partial charge in [0.25, 0.3) is 0 Å². The molecular formula is C18H25Cl2N3O. The van der Waals surface area contributed by atoms with Crippen molar-refractivity contribution in [3.8, 4) is 0 Å². The molecule has 0 saturated carbocycles. The van der Waals surface area contributed by atoms with Gasteiger partial charge in [-0.05, 0) is 31.8 Å². The number of rotatable bonds is 7. The molecule has 0 aliphatic heterocycles. The molecule has 0 saturated heterocycles. The standard InChI is InChI=1S/C18H23N3O.2ClH/c1-21(2)17(15-9-5-3-6-10-15)13-20-18(22)14-19-16-11-7-4-8-12-16;;/h3-12,17,19H,13-14H2,1-2H3,(H,20,22);2*1H. The Hall–Kier alpha value is -1.75. The molecule has 2 N–H and O–H groups in total. The van der Waals surface area contributed by atoms with Gasteiger partial charge in [-0.25, -0.2) is 0 Å². The van der Waals surface area contributed by atoms with E-state index in [0.29, 0.717) is 6.54 Å². The summed E-state index contributed by atoms with van der Waals surface area (Å²) in [5.74, 6) is -0.00775. The normalized spacial score (nSPS) is 11.0. The van der Waals surface area contributed by atoms with Gasteiger partial charge in [0.1, 0.15) is 0 Å². The van der Waals surface area contributed by atoms with Gasteiger partial charge in [0, 0.05) is 12.2 Å². The first kappa shape index (κ1) is 22.2. The minimum Gasteiger partial charge on any atom is -0.376 e. The van der Waals surface area contributed by atoms with E-state index < -0.39 is 0 Å². The predicted octanol–water partition coefficient (Wildman–Crippen LogP) is 3.36. The van der Waals surface area contributed by atoms with Crippen molar-refractivity contribution in [3.05, 3.63) is 66.2 Å². The molecule has 132 valence electrons. The van der Waals surface area contributed by atoms with Crippen molar-refractivity contribution in [3.63, 3.8) is 0 Å². The molecule has 1 amide bonds. The van der Waals surface area contributed by atoms with Crippen molar-refractivity contribution in [2.75, 3.05) is 32.5 Å². The quantitative estimate of drug-likeness (QED) is 0.786. The van der Waals surface area contributed by atoms with Crippen LogP contribution in [0.3, 0.4) is 0 Å². The minimum atomic E-state index is -0.00775. The van der Waals surface area contributed by atoms with Gasteiger partial charge in [-0.15, -0.1) is 24.8 Å². The third-order valence-electron chi connectivity index (χ3n) is 3.53. The Morgan fingerprint density at radius 3 is 2.04 bits per heavy atom. The van der Waals surface area contributed by atoms with Crippen LogP contribution < -0.4 is 10.6 Å². The summed E-state index contributed by atoms with van der Waals surface area (Å²) in [6.45, 7) is 0.866. The average molecular weight is 370 g/mol. The first-order chi connectivity index (χ1) is 10.7. The molecule has 0 aromatic heterocycles. The first-order valence-corrected chi connectivity index (χ1v) is 7.44. The number of halogens is 2. The third-order valence-corrected chi connectivity index (χ3v) is 3.53. The van der Waals surface area contributed by atoms with Crippen molar-refractivity contribution >= 4 is 36.4 Å². The van der Waals surface area contributed by atoms with E-state index in [1.54, 1.807) is 0 Å². The summed E-state index contributed by atoms with van der Waals surface area (Å²) in [6.07, 6.45) is 0. The fourth-order valence-corrected chi connectivity index (χ4v) is 2.29. The topological polar surface area (TPSA) is 44.4 Å². The summed E-state index contributed by atoms with van der Waals surface area (Å²) in [5.41, 5.74) is 2.15. The largest absolute Gasteiger partial charge is 0.376 e. The molecule has 2 aromatic rings. The zero-order chi connectivity index (χ0) is 15.8. The average Bonchev–Trinajstić information content (AvgIpc) is 2.55. The molecule has 6 heteroatoms. The van der Waals surface area contributed by atoms with Crippen molar-refractivity contribution in [2.45, 2.75) is 6.04 Å². The number of amides is 1.